The SMILES string of the molecule is Cc1c(C)c(C)c(S(=O)(=O)NCCn2cc(Cl)cn2)c(C)c1C. The fourth-order valence-electron chi connectivity index (χ4n) is 2.70. The molecule has 0 spiro atoms. The molecule has 1 aromatic carbocycles. The molecule has 0 fully saturated rings. The van der Waals surface area contributed by atoms with Crippen molar-refractivity contribution in [2.24, 2.45) is 0 Å². The third-order valence-electron chi connectivity index (χ3n) is 4.43. The van der Waals surface area contributed by atoms with Gasteiger partial charge in [0, 0.05) is 12.7 Å². The van der Waals surface area contributed by atoms with Crippen molar-refractivity contribution < 1.29 is 8.42 Å². The molecule has 23 heavy (non-hydrogen) atoms. The Morgan fingerprint density at radius 1 is 1.04 bits per heavy atom. The summed E-state index contributed by atoms with van der Waals surface area (Å²) >= 11 is 5.79. The molecule has 5 nitrogen and oxygen atoms in total. The summed E-state index contributed by atoms with van der Waals surface area (Å²) in [5.74, 6) is 0. The van der Waals surface area contributed by atoms with Crippen LogP contribution in [0.25, 0.3) is 0 Å². The average molecular weight is 356 g/mol. The zero-order valence-corrected chi connectivity index (χ0v) is 15.6. The molecular formula is C16H22ClN3O2S. The van der Waals surface area contributed by atoms with Crippen LogP contribution < -0.4 is 4.72 Å². The van der Waals surface area contributed by atoms with Crippen LogP contribution in [-0.4, -0.2) is 24.7 Å². The van der Waals surface area contributed by atoms with E-state index in [1.54, 1.807) is 10.9 Å². The molecule has 126 valence electrons. The number of aromatic nitrogens is 2. The number of rotatable bonds is 5. The highest BCUT2D eigenvalue weighted by Gasteiger charge is 2.23. The normalized spacial score (nSPS) is 11.9. The van der Waals surface area contributed by atoms with Gasteiger partial charge in [0.1, 0.15) is 0 Å². The van der Waals surface area contributed by atoms with Gasteiger partial charge in [-0.05, 0) is 62.4 Å². The Kier molecular flexibility index (Phi) is 5.18. The Hall–Kier alpha value is -1.37. The molecule has 1 aromatic heterocycles. The van der Waals surface area contributed by atoms with Crippen LogP contribution >= 0.6 is 11.6 Å². The topological polar surface area (TPSA) is 64.0 Å². The van der Waals surface area contributed by atoms with E-state index in [9.17, 15) is 8.42 Å². The summed E-state index contributed by atoms with van der Waals surface area (Å²) in [4.78, 5) is 0.386. The summed E-state index contributed by atoms with van der Waals surface area (Å²) in [6.07, 6.45) is 3.18. The highest BCUT2D eigenvalue weighted by Crippen LogP contribution is 2.29. The van der Waals surface area contributed by atoms with Gasteiger partial charge >= 0.3 is 0 Å². The van der Waals surface area contributed by atoms with Gasteiger partial charge in [0.2, 0.25) is 10.0 Å². The maximum absolute atomic E-state index is 12.7. The van der Waals surface area contributed by atoms with E-state index in [-0.39, 0.29) is 6.54 Å². The van der Waals surface area contributed by atoms with Crippen molar-refractivity contribution in [2.45, 2.75) is 46.1 Å². The lowest BCUT2D eigenvalue weighted by Gasteiger charge is -2.19. The second-order valence-electron chi connectivity index (χ2n) is 5.77. The first-order valence-electron chi connectivity index (χ1n) is 7.39. The summed E-state index contributed by atoms with van der Waals surface area (Å²) < 4.78 is 29.7. The first kappa shape index (κ1) is 18.0. The number of benzene rings is 1. The lowest BCUT2D eigenvalue weighted by Crippen LogP contribution is -2.29. The summed E-state index contributed by atoms with van der Waals surface area (Å²) in [7, 11) is -3.57. The van der Waals surface area contributed by atoms with E-state index in [4.69, 9.17) is 11.6 Å². The van der Waals surface area contributed by atoms with Gasteiger partial charge in [-0.2, -0.15) is 5.10 Å². The lowest BCUT2D eigenvalue weighted by atomic mass is 9.95. The van der Waals surface area contributed by atoms with Gasteiger partial charge in [0.25, 0.3) is 0 Å². The smallest absolute Gasteiger partial charge is 0.241 e. The van der Waals surface area contributed by atoms with E-state index in [2.05, 4.69) is 9.82 Å². The van der Waals surface area contributed by atoms with Gasteiger partial charge in [-0.25, -0.2) is 13.1 Å². The molecule has 0 amide bonds. The number of halogens is 1. The van der Waals surface area contributed by atoms with Crippen LogP contribution in [0.2, 0.25) is 5.02 Å². The van der Waals surface area contributed by atoms with Crippen molar-refractivity contribution in [1.82, 2.24) is 14.5 Å². The summed E-state index contributed by atoms with van der Waals surface area (Å²) in [5.41, 5.74) is 4.80. The van der Waals surface area contributed by atoms with Crippen molar-refractivity contribution in [3.63, 3.8) is 0 Å². The fourth-order valence-corrected chi connectivity index (χ4v) is 4.47. The number of hydrogen-bond acceptors (Lipinski definition) is 3. The minimum atomic E-state index is -3.57. The third kappa shape index (κ3) is 3.59. The molecule has 2 aromatic rings. The van der Waals surface area contributed by atoms with E-state index in [0.717, 1.165) is 27.8 Å². The molecule has 0 saturated heterocycles. The molecule has 0 radical (unpaired) electrons. The van der Waals surface area contributed by atoms with Crippen LogP contribution in [0.4, 0.5) is 0 Å². The number of sulfonamides is 1. The summed E-state index contributed by atoms with van der Waals surface area (Å²) in [6.45, 7) is 10.3. The number of nitrogens with zero attached hydrogens (tertiary/aromatic N) is 2. The van der Waals surface area contributed by atoms with Gasteiger partial charge in [0.05, 0.1) is 22.7 Å². The van der Waals surface area contributed by atoms with Crippen molar-refractivity contribution in [1.29, 1.82) is 0 Å². The molecule has 0 saturated carbocycles. The van der Waals surface area contributed by atoms with Gasteiger partial charge in [-0.3, -0.25) is 4.68 Å². The van der Waals surface area contributed by atoms with Crippen LogP contribution in [0.5, 0.6) is 0 Å². The zero-order chi connectivity index (χ0) is 17.4. The first-order chi connectivity index (χ1) is 10.6. The van der Waals surface area contributed by atoms with Crippen molar-refractivity contribution in [3.8, 4) is 0 Å². The van der Waals surface area contributed by atoms with E-state index in [0.29, 0.717) is 16.5 Å². The molecule has 0 aliphatic heterocycles. The van der Waals surface area contributed by atoms with Crippen LogP contribution in [0.15, 0.2) is 17.3 Å². The number of hydrogen-bond donors (Lipinski definition) is 1. The number of nitrogens with one attached hydrogen (secondary N) is 1. The summed E-state index contributed by atoms with van der Waals surface area (Å²) in [6, 6.07) is 0. The van der Waals surface area contributed by atoms with E-state index in [1.807, 2.05) is 34.6 Å². The van der Waals surface area contributed by atoms with Crippen LogP contribution in [0, 0.1) is 34.6 Å². The maximum Gasteiger partial charge on any atom is 0.241 e. The average Bonchev–Trinajstić information content (AvgIpc) is 2.88. The molecule has 1 N–H and O–H groups in total. The van der Waals surface area contributed by atoms with Gasteiger partial charge in [0.15, 0.2) is 0 Å². The van der Waals surface area contributed by atoms with Crippen molar-refractivity contribution in [3.05, 3.63) is 45.2 Å². The molecule has 7 heteroatoms. The molecule has 1 heterocycles. The van der Waals surface area contributed by atoms with Crippen molar-refractivity contribution in [2.75, 3.05) is 6.54 Å². The Balaban J connectivity index is 2.26. The third-order valence-corrected chi connectivity index (χ3v) is 6.36. The van der Waals surface area contributed by atoms with Crippen LogP contribution in [-0.2, 0) is 16.6 Å². The predicted octanol–water partition coefficient (Wildman–Crippen LogP) is 3.06. The monoisotopic (exact) mass is 355 g/mol. The zero-order valence-electron chi connectivity index (χ0n) is 14.1. The van der Waals surface area contributed by atoms with E-state index >= 15 is 0 Å². The van der Waals surface area contributed by atoms with Crippen molar-refractivity contribution >= 4 is 21.6 Å². The molecule has 0 aliphatic rings. The Morgan fingerprint density at radius 3 is 2.04 bits per heavy atom. The molecule has 0 atom stereocenters. The Labute approximate surface area is 142 Å². The predicted molar refractivity (Wildman–Crippen MR) is 92.6 cm³/mol. The fraction of sp³-hybridized carbons (Fsp3) is 0.438. The highest BCUT2D eigenvalue weighted by atomic mass is 35.5. The van der Waals surface area contributed by atoms with Gasteiger partial charge < -0.3 is 0 Å². The molecule has 0 unspecified atom stereocenters. The van der Waals surface area contributed by atoms with E-state index < -0.39 is 10.0 Å². The lowest BCUT2D eigenvalue weighted by molar-refractivity contribution is 0.559. The molecular weight excluding hydrogens is 334 g/mol. The first-order valence-corrected chi connectivity index (χ1v) is 9.26. The largest absolute Gasteiger partial charge is 0.270 e. The Bertz CT molecular complexity index is 812. The van der Waals surface area contributed by atoms with E-state index in [1.165, 1.54) is 6.20 Å². The van der Waals surface area contributed by atoms with Crippen LogP contribution in [0.1, 0.15) is 27.8 Å². The van der Waals surface area contributed by atoms with Crippen LogP contribution in [0.3, 0.4) is 0 Å². The maximum atomic E-state index is 12.7. The molecule has 2 rings (SSSR count). The minimum Gasteiger partial charge on any atom is -0.270 e. The highest BCUT2D eigenvalue weighted by molar-refractivity contribution is 7.89. The summed E-state index contributed by atoms with van der Waals surface area (Å²) in [5, 5.41) is 4.56. The molecule has 0 bridgehead atoms. The quantitative estimate of drug-likeness (QED) is 0.896. The standard InChI is InChI=1S/C16H22ClN3O2S/c1-10-11(2)13(4)16(14(5)12(10)3)23(21,22)19-6-7-20-9-15(17)8-18-20/h8-9,19H,6-7H2,1-5H3. The Morgan fingerprint density at radius 2 is 1.57 bits per heavy atom. The van der Waals surface area contributed by atoms with Gasteiger partial charge in [-0.15, -0.1) is 0 Å². The minimum absolute atomic E-state index is 0.255. The van der Waals surface area contributed by atoms with Gasteiger partial charge in [-0.1, -0.05) is 11.6 Å². The second kappa shape index (κ2) is 6.63. The second-order valence-corrected chi connectivity index (χ2v) is 7.91. The molecule has 0 aliphatic carbocycles.